The van der Waals surface area contributed by atoms with Gasteiger partial charge in [-0.05, 0) is 0 Å². The Morgan fingerprint density at radius 2 is 2.25 bits per heavy atom. The van der Waals surface area contributed by atoms with E-state index in [4.69, 9.17) is 0 Å². The molecule has 42 valence electrons. The Labute approximate surface area is 99.6 Å². The number of carboxylic acids is 1. The molecule has 0 heterocycles. The molecule has 0 aromatic rings. The van der Waals surface area contributed by atoms with Gasteiger partial charge in [0.15, 0.2) is 0 Å². The van der Waals surface area contributed by atoms with Crippen LogP contribution in [0.2, 0.25) is 0 Å². The molecule has 1 unspecified atom stereocenters. The molecular weight excluding hydrogens is 199 g/mol. The second-order valence-corrected chi connectivity index (χ2v) is 2.02. The molecule has 0 aromatic carbocycles. The molecule has 0 fully saturated rings. The summed E-state index contributed by atoms with van der Waals surface area (Å²) in [6, 6.07) is 0. The first-order chi connectivity index (χ1) is 3.18. The molecule has 0 aliphatic heterocycles. The van der Waals surface area contributed by atoms with Crippen molar-refractivity contribution in [1.29, 1.82) is 0 Å². The van der Waals surface area contributed by atoms with Gasteiger partial charge < -0.3 is 9.90 Å². The molecule has 0 N–H and O–H groups in total. The molecule has 2 nitrogen and oxygen atoms in total. The molecule has 0 rings (SSSR count). The van der Waals surface area contributed by atoms with E-state index in [1.807, 2.05) is 0 Å². The Kier molecular flexibility index (Phi) is 10.3. The van der Waals surface area contributed by atoms with Crippen LogP contribution in [0.1, 0.15) is 6.92 Å². The van der Waals surface area contributed by atoms with Crippen molar-refractivity contribution >= 4 is 21.9 Å². The first-order valence-corrected chi connectivity index (χ1v) is 3.07. The zero-order valence-electron chi connectivity index (χ0n) is 4.98. The van der Waals surface area contributed by atoms with E-state index >= 15 is 0 Å². The minimum Gasteiger partial charge on any atom is -0.550 e. The second-order valence-electron chi connectivity index (χ2n) is 1.37. The minimum atomic E-state index is -1.00. The number of halogens is 1. The van der Waals surface area contributed by atoms with Crippen LogP contribution in [0.25, 0.3) is 0 Å². The fourth-order valence-electron chi connectivity index (χ4n) is 0.0630. The maximum atomic E-state index is 9.79. The van der Waals surface area contributed by atoms with Gasteiger partial charge in [-0.3, -0.25) is 0 Å². The molecule has 0 aliphatic carbocycles. The molecule has 0 aliphatic rings. The Morgan fingerprint density at radius 3 is 2.25 bits per heavy atom. The monoisotopic (exact) mass is 204 g/mol. The van der Waals surface area contributed by atoms with Gasteiger partial charge in [-0.1, -0.05) is 22.9 Å². The Balaban J connectivity index is 0. The third-order valence-corrected chi connectivity index (χ3v) is 1.61. The summed E-state index contributed by atoms with van der Waals surface area (Å²) >= 11 is 2.99. The van der Waals surface area contributed by atoms with Crippen molar-refractivity contribution in [2.24, 2.45) is 5.92 Å². The normalized spacial score (nSPS) is 11.8. The van der Waals surface area contributed by atoms with Crippen LogP contribution in [0.15, 0.2) is 0 Å². The van der Waals surface area contributed by atoms with Crippen molar-refractivity contribution < 1.29 is 61.3 Å². The number of carboxylic acid groups (broad SMARTS) is 1. The van der Waals surface area contributed by atoms with Gasteiger partial charge in [0, 0.05) is 17.2 Å². The van der Waals surface area contributed by atoms with E-state index in [2.05, 4.69) is 15.9 Å². The zero-order chi connectivity index (χ0) is 5.86. The minimum absolute atomic E-state index is 0. The van der Waals surface area contributed by atoms with Gasteiger partial charge in [-0.2, -0.15) is 0 Å². The van der Waals surface area contributed by atoms with Gasteiger partial charge in [0.2, 0.25) is 0 Å². The first kappa shape index (κ1) is 12.3. The summed E-state index contributed by atoms with van der Waals surface area (Å²) in [5, 5.41) is 10.3. The van der Waals surface area contributed by atoms with E-state index in [-0.39, 0.29) is 57.3 Å². The standard InChI is InChI=1S/C4H7BrO2.K/c1-3(2-5)4(6)7;/h3H,2H2,1H3,(H,6,7);/q;+1/p-1. The van der Waals surface area contributed by atoms with Crippen LogP contribution in [0, 0.1) is 5.92 Å². The number of carbonyl (C=O) groups is 1. The van der Waals surface area contributed by atoms with E-state index < -0.39 is 5.97 Å². The molecule has 0 saturated carbocycles. The fourth-order valence-corrected chi connectivity index (χ4v) is 0.327. The van der Waals surface area contributed by atoms with E-state index in [1.165, 1.54) is 0 Å². The van der Waals surface area contributed by atoms with Gasteiger partial charge in [-0.25, -0.2) is 0 Å². The topological polar surface area (TPSA) is 40.1 Å². The molecule has 0 radical (unpaired) electrons. The van der Waals surface area contributed by atoms with Crippen molar-refractivity contribution in [3.8, 4) is 0 Å². The summed E-state index contributed by atoms with van der Waals surface area (Å²) in [7, 11) is 0. The van der Waals surface area contributed by atoms with Gasteiger partial charge >= 0.3 is 51.4 Å². The number of carbonyl (C=O) groups excluding carboxylic acids is 1. The van der Waals surface area contributed by atoms with Crippen LogP contribution in [0.3, 0.4) is 0 Å². The van der Waals surface area contributed by atoms with Crippen LogP contribution in [0.4, 0.5) is 0 Å². The van der Waals surface area contributed by atoms with E-state index in [1.54, 1.807) is 6.92 Å². The number of alkyl halides is 1. The Bertz CT molecular complexity index is 76.4. The maximum Gasteiger partial charge on any atom is 1.00 e. The maximum absolute atomic E-state index is 9.79. The number of rotatable bonds is 2. The molecule has 1 atom stereocenters. The third-order valence-electron chi connectivity index (χ3n) is 0.634. The molecule has 0 amide bonds. The molecule has 0 spiro atoms. The summed E-state index contributed by atoms with van der Waals surface area (Å²) in [5.41, 5.74) is 0. The van der Waals surface area contributed by atoms with Gasteiger partial charge in [0.25, 0.3) is 0 Å². The largest absolute Gasteiger partial charge is 1.00 e. The summed E-state index contributed by atoms with van der Waals surface area (Å²) in [6.07, 6.45) is 0. The van der Waals surface area contributed by atoms with Crippen LogP contribution in [-0.2, 0) is 4.79 Å². The van der Waals surface area contributed by atoms with Gasteiger partial charge in [0.05, 0.1) is 0 Å². The molecule has 8 heavy (non-hydrogen) atoms. The van der Waals surface area contributed by atoms with Crippen LogP contribution in [0.5, 0.6) is 0 Å². The summed E-state index contributed by atoms with van der Waals surface area (Å²) in [6.45, 7) is 1.59. The van der Waals surface area contributed by atoms with Crippen LogP contribution in [-0.4, -0.2) is 11.3 Å². The molecule has 0 bridgehead atoms. The van der Waals surface area contributed by atoms with Crippen molar-refractivity contribution in [3.05, 3.63) is 0 Å². The zero-order valence-corrected chi connectivity index (χ0v) is 9.69. The average molecular weight is 205 g/mol. The van der Waals surface area contributed by atoms with Gasteiger partial charge in [-0.15, -0.1) is 0 Å². The van der Waals surface area contributed by atoms with Crippen molar-refractivity contribution in [3.63, 3.8) is 0 Å². The molecular formula is C4H6BrKO2. The third kappa shape index (κ3) is 5.72. The first-order valence-electron chi connectivity index (χ1n) is 1.95. The van der Waals surface area contributed by atoms with E-state index in [0.29, 0.717) is 5.33 Å². The van der Waals surface area contributed by atoms with Crippen molar-refractivity contribution in [2.45, 2.75) is 6.92 Å². The van der Waals surface area contributed by atoms with E-state index in [9.17, 15) is 9.90 Å². The molecule has 0 saturated heterocycles. The smallest absolute Gasteiger partial charge is 0.550 e. The van der Waals surface area contributed by atoms with Crippen molar-refractivity contribution in [1.82, 2.24) is 0 Å². The molecule has 0 aromatic heterocycles. The Hall–Kier alpha value is 1.59. The van der Waals surface area contributed by atoms with Crippen molar-refractivity contribution in [2.75, 3.05) is 5.33 Å². The van der Waals surface area contributed by atoms with Crippen LogP contribution < -0.4 is 56.5 Å². The SMILES string of the molecule is CC(CBr)C(=O)[O-].[K+]. The van der Waals surface area contributed by atoms with Crippen LogP contribution >= 0.6 is 15.9 Å². The Morgan fingerprint density at radius 1 is 1.88 bits per heavy atom. The number of aliphatic carboxylic acids is 1. The molecule has 4 heteroatoms. The van der Waals surface area contributed by atoms with E-state index in [0.717, 1.165) is 0 Å². The quantitative estimate of drug-likeness (QED) is 0.351. The predicted molar refractivity (Wildman–Crippen MR) is 28.0 cm³/mol. The summed E-state index contributed by atoms with van der Waals surface area (Å²) < 4.78 is 0. The predicted octanol–water partition coefficient (Wildman–Crippen LogP) is -3.23. The summed E-state index contributed by atoms with van der Waals surface area (Å²) in [4.78, 5) is 9.79. The average Bonchev–Trinajstić information content (AvgIpc) is 1.65. The number of hydrogen-bond donors (Lipinski definition) is 0. The second kappa shape index (κ2) is 6.70. The van der Waals surface area contributed by atoms with Gasteiger partial charge in [0.1, 0.15) is 0 Å². The fraction of sp³-hybridized carbons (Fsp3) is 0.750. The number of hydrogen-bond acceptors (Lipinski definition) is 2. The summed E-state index contributed by atoms with van der Waals surface area (Å²) in [5.74, 6) is -1.38.